The molecule has 0 aromatic heterocycles. The summed E-state index contributed by atoms with van der Waals surface area (Å²) in [5, 5.41) is 12.7. The van der Waals surface area contributed by atoms with E-state index in [1.165, 1.54) is 24.3 Å². The first kappa shape index (κ1) is 17.5. The molecule has 1 aromatic rings. The number of hydrogen-bond donors (Lipinski definition) is 2. The summed E-state index contributed by atoms with van der Waals surface area (Å²) < 4.78 is 18.1. The topological polar surface area (TPSA) is 61.8 Å². The molecule has 0 aliphatic carbocycles. The van der Waals surface area contributed by atoms with Crippen molar-refractivity contribution in [2.75, 3.05) is 13.2 Å². The van der Waals surface area contributed by atoms with Crippen LogP contribution in [0.3, 0.4) is 0 Å². The van der Waals surface area contributed by atoms with Crippen LogP contribution in [-0.4, -0.2) is 47.4 Å². The van der Waals surface area contributed by atoms with Crippen LogP contribution in [0.4, 0.5) is 9.18 Å². The molecular weight excluding hydrogens is 299 g/mol. The van der Waals surface area contributed by atoms with E-state index in [0.717, 1.165) is 19.3 Å². The van der Waals surface area contributed by atoms with Gasteiger partial charge in [0.1, 0.15) is 24.3 Å². The van der Waals surface area contributed by atoms with Gasteiger partial charge in [-0.05, 0) is 57.4 Å². The van der Waals surface area contributed by atoms with Gasteiger partial charge in [-0.2, -0.15) is 0 Å². The first-order valence-electron chi connectivity index (χ1n) is 8.10. The number of rotatable bonds is 5. The molecule has 1 aliphatic heterocycles. The van der Waals surface area contributed by atoms with Crippen LogP contribution in [0.1, 0.15) is 33.1 Å². The number of nitrogens with zero attached hydrogens (tertiary/aromatic N) is 1. The van der Waals surface area contributed by atoms with Crippen molar-refractivity contribution in [1.82, 2.24) is 10.2 Å². The van der Waals surface area contributed by atoms with Crippen molar-refractivity contribution in [3.63, 3.8) is 0 Å². The molecule has 1 heterocycles. The molecule has 3 unspecified atom stereocenters. The van der Waals surface area contributed by atoms with Gasteiger partial charge in [0, 0.05) is 18.6 Å². The molecule has 128 valence electrons. The molecular formula is C17H25FN2O3. The van der Waals surface area contributed by atoms with E-state index < -0.39 is 6.10 Å². The number of benzene rings is 1. The molecule has 3 atom stereocenters. The first-order chi connectivity index (χ1) is 11.0. The first-order valence-corrected chi connectivity index (χ1v) is 8.10. The molecule has 1 saturated heterocycles. The minimum absolute atomic E-state index is 0.0387. The molecule has 0 spiro atoms. The third-order valence-corrected chi connectivity index (χ3v) is 4.17. The van der Waals surface area contributed by atoms with Crippen LogP contribution in [0.15, 0.2) is 24.3 Å². The average Bonchev–Trinajstić information content (AvgIpc) is 2.52. The lowest BCUT2D eigenvalue weighted by molar-refractivity contribution is 0.0950. The highest BCUT2D eigenvalue weighted by molar-refractivity contribution is 5.75. The molecule has 2 N–H and O–H groups in total. The normalized spacial score (nSPS) is 22.5. The summed E-state index contributed by atoms with van der Waals surface area (Å²) in [4.78, 5) is 14.1. The van der Waals surface area contributed by atoms with Crippen LogP contribution in [-0.2, 0) is 0 Å². The van der Waals surface area contributed by atoms with Crippen molar-refractivity contribution in [3.05, 3.63) is 30.1 Å². The largest absolute Gasteiger partial charge is 0.491 e. The number of carbonyl (C=O) groups is 1. The Bertz CT molecular complexity index is 499. The second kappa shape index (κ2) is 8.15. The SMILES string of the molecule is CC1CCCC(C)N1C(=O)NCC(O)COc1ccc(F)cc1. The van der Waals surface area contributed by atoms with E-state index in [9.17, 15) is 14.3 Å². The van der Waals surface area contributed by atoms with Crippen LogP contribution < -0.4 is 10.1 Å². The maximum atomic E-state index is 12.8. The smallest absolute Gasteiger partial charge is 0.317 e. The van der Waals surface area contributed by atoms with E-state index in [4.69, 9.17) is 4.74 Å². The van der Waals surface area contributed by atoms with Crippen molar-refractivity contribution in [3.8, 4) is 5.75 Å². The van der Waals surface area contributed by atoms with E-state index in [1.807, 2.05) is 18.7 Å². The highest BCUT2D eigenvalue weighted by Crippen LogP contribution is 2.22. The fraction of sp³-hybridized carbons (Fsp3) is 0.588. The molecule has 1 aromatic carbocycles. The Hall–Kier alpha value is -1.82. The number of ether oxygens (including phenoxy) is 1. The number of nitrogens with one attached hydrogen (secondary N) is 1. The molecule has 0 bridgehead atoms. The van der Waals surface area contributed by atoms with Gasteiger partial charge >= 0.3 is 6.03 Å². The van der Waals surface area contributed by atoms with Crippen LogP contribution >= 0.6 is 0 Å². The van der Waals surface area contributed by atoms with Crippen LogP contribution in [0.5, 0.6) is 5.75 Å². The molecule has 23 heavy (non-hydrogen) atoms. The monoisotopic (exact) mass is 324 g/mol. The zero-order valence-corrected chi connectivity index (χ0v) is 13.7. The second-order valence-corrected chi connectivity index (χ2v) is 6.14. The van der Waals surface area contributed by atoms with Crippen molar-refractivity contribution >= 4 is 6.03 Å². The lowest BCUT2D eigenvalue weighted by Gasteiger charge is -2.39. The lowest BCUT2D eigenvalue weighted by Crippen LogP contribution is -2.53. The Morgan fingerprint density at radius 1 is 1.35 bits per heavy atom. The molecule has 0 radical (unpaired) electrons. The number of urea groups is 1. The number of hydrogen-bond acceptors (Lipinski definition) is 3. The summed E-state index contributed by atoms with van der Waals surface area (Å²) in [5.41, 5.74) is 0. The van der Waals surface area contributed by atoms with Crippen molar-refractivity contribution < 1.29 is 19.0 Å². The molecule has 1 fully saturated rings. The Morgan fingerprint density at radius 2 is 1.96 bits per heavy atom. The Labute approximate surface area is 136 Å². The van der Waals surface area contributed by atoms with E-state index in [2.05, 4.69) is 5.32 Å². The molecule has 2 amide bonds. The zero-order chi connectivity index (χ0) is 16.8. The van der Waals surface area contributed by atoms with Crippen LogP contribution in [0.25, 0.3) is 0 Å². The summed E-state index contributed by atoms with van der Waals surface area (Å²) in [7, 11) is 0. The van der Waals surface area contributed by atoms with Gasteiger partial charge in [-0.3, -0.25) is 0 Å². The maximum Gasteiger partial charge on any atom is 0.317 e. The number of carbonyl (C=O) groups excluding carboxylic acids is 1. The van der Waals surface area contributed by atoms with Gasteiger partial charge in [0.15, 0.2) is 0 Å². The predicted molar refractivity (Wildman–Crippen MR) is 85.9 cm³/mol. The molecule has 5 nitrogen and oxygen atoms in total. The Balaban J connectivity index is 1.74. The lowest BCUT2D eigenvalue weighted by atomic mass is 9.98. The third kappa shape index (κ3) is 5.10. The fourth-order valence-corrected chi connectivity index (χ4v) is 2.90. The van der Waals surface area contributed by atoms with Crippen LogP contribution in [0, 0.1) is 5.82 Å². The highest BCUT2D eigenvalue weighted by Gasteiger charge is 2.28. The van der Waals surface area contributed by atoms with E-state index >= 15 is 0 Å². The van der Waals surface area contributed by atoms with E-state index in [-0.39, 0.29) is 37.1 Å². The van der Waals surface area contributed by atoms with Gasteiger partial charge in [-0.25, -0.2) is 9.18 Å². The zero-order valence-electron chi connectivity index (χ0n) is 13.7. The summed E-state index contributed by atoms with van der Waals surface area (Å²) in [6.45, 7) is 4.25. The number of halogens is 1. The average molecular weight is 324 g/mol. The predicted octanol–water partition coefficient (Wildman–Crippen LogP) is 2.54. The van der Waals surface area contributed by atoms with Gasteiger partial charge in [-0.15, -0.1) is 0 Å². The standard InChI is InChI=1S/C17H25FN2O3/c1-12-4-3-5-13(2)20(12)17(22)19-10-15(21)11-23-16-8-6-14(18)7-9-16/h6-9,12-13,15,21H,3-5,10-11H2,1-2H3,(H,19,22). The minimum atomic E-state index is -0.820. The summed E-state index contributed by atoms with van der Waals surface area (Å²) in [6.07, 6.45) is 2.33. The van der Waals surface area contributed by atoms with Crippen molar-refractivity contribution in [2.24, 2.45) is 0 Å². The number of piperidine rings is 1. The fourth-order valence-electron chi connectivity index (χ4n) is 2.90. The Morgan fingerprint density at radius 3 is 2.57 bits per heavy atom. The minimum Gasteiger partial charge on any atom is -0.491 e. The number of amides is 2. The summed E-state index contributed by atoms with van der Waals surface area (Å²) >= 11 is 0. The quantitative estimate of drug-likeness (QED) is 0.875. The Kier molecular flexibility index (Phi) is 6.21. The number of aliphatic hydroxyl groups excluding tert-OH is 1. The van der Waals surface area contributed by atoms with E-state index in [0.29, 0.717) is 5.75 Å². The molecule has 6 heteroatoms. The van der Waals surface area contributed by atoms with Gasteiger partial charge in [-0.1, -0.05) is 0 Å². The van der Waals surface area contributed by atoms with E-state index in [1.54, 1.807) is 0 Å². The van der Waals surface area contributed by atoms with Gasteiger partial charge < -0.3 is 20.1 Å². The van der Waals surface area contributed by atoms with Gasteiger partial charge in [0.05, 0.1) is 0 Å². The summed E-state index contributed by atoms with van der Waals surface area (Å²) in [5.74, 6) is 0.144. The maximum absolute atomic E-state index is 12.8. The molecule has 2 rings (SSSR count). The molecule has 0 saturated carbocycles. The van der Waals surface area contributed by atoms with Crippen molar-refractivity contribution in [2.45, 2.75) is 51.3 Å². The van der Waals surface area contributed by atoms with Crippen molar-refractivity contribution in [1.29, 1.82) is 0 Å². The van der Waals surface area contributed by atoms with Gasteiger partial charge in [0.25, 0.3) is 0 Å². The second-order valence-electron chi connectivity index (χ2n) is 6.14. The third-order valence-electron chi connectivity index (χ3n) is 4.17. The van der Waals surface area contributed by atoms with Gasteiger partial charge in [0.2, 0.25) is 0 Å². The number of aliphatic hydroxyl groups is 1. The summed E-state index contributed by atoms with van der Waals surface area (Å²) in [6, 6.07) is 5.86. The van der Waals surface area contributed by atoms with Crippen LogP contribution in [0.2, 0.25) is 0 Å². The highest BCUT2D eigenvalue weighted by atomic mass is 19.1. The number of likely N-dealkylation sites (tertiary alicyclic amines) is 1. The molecule has 1 aliphatic rings.